The summed E-state index contributed by atoms with van der Waals surface area (Å²) < 4.78 is 0. The Morgan fingerprint density at radius 3 is 2.71 bits per heavy atom. The van der Waals surface area contributed by atoms with E-state index in [2.05, 4.69) is 0 Å². The summed E-state index contributed by atoms with van der Waals surface area (Å²) >= 11 is 0. The Kier molecular flexibility index (Phi) is 2.91. The number of fused-ring (bicyclic) bond motifs is 1. The molecule has 0 radical (unpaired) electrons. The van der Waals surface area contributed by atoms with Gasteiger partial charge in [0.25, 0.3) is 0 Å². The second-order valence-corrected chi connectivity index (χ2v) is 5.02. The molecule has 14 heavy (non-hydrogen) atoms. The molecule has 0 aliphatic heterocycles. The number of rotatable bonds is 2. The van der Waals surface area contributed by atoms with E-state index in [-0.39, 0.29) is 0 Å². The van der Waals surface area contributed by atoms with Gasteiger partial charge < -0.3 is 9.90 Å². The van der Waals surface area contributed by atoms with Gasteiger partial charge in [-0.2, -0.15) is 0 Å². The number of carbonyl (C=O) groups excluding carboxylic acids is 1. The molecule has 1 N–H and O–H groups in total. The van der Waals surface area contributed by atoms with E-state index in [1.54, 1.807) is 0 Å². The highest BCUT2D eigenvalue weighted by atomic mass is 16.3. The molecule has 0 amide bonds. The van der Waals surface area contributed by atoms with Crippen LogP contribution in [0.4, 0.5) is 0 Å². The molecular formula is C12H20O2. The van der Waals surface area contributed by atoms with E-state index >= 15 is 0 Å². The van der Waals surface area contributed by atoms with E-state index in [9.17, 15) is 9.90 Å². The van der Waals surface area contributed by atoms with Crippen molar-refractivity contribution in [3.05, 3.63) is 0 Å². The lowest BCUT2D eigenvalue weighted by Gasteiger charge is -2.46. The Morgan fingerprint density at radius 2 is 1.93 bits per heavy atom. The molecule has 2 aliphatic rings. The van der Waals surface area contributed by atoms with E-state index < -0.39 is 5.60 Å². The Morgan fingerprint density at radius 1 is 1.21 bits per heavy atom. The minimum Gasteiger partial charge on any atom is -0.389 e. The Labute approximate surface area is 85.7 Å². The van der Waals surface area contributed by atoms with E-state index in [0.29, 0.717) is 18.3 Å². The lowest BCUT2D eigenvalue weighted by molar-refractivity contribution is -0.124. The molecule has 2 fully saturated rings. The Balaban J connectivity index is 2.11. The molecule has 0 bridgehead atoms. The van der Waals surface area contributed by atoms with Crippen LogP contribution < -0.4 is 0 Å². The van der Waals surface area contributed by atoms with Crippen molar-refractivity contribution in [2.45, 2.75) is 57.0 Å². The van der Waals surface area contributed by atoms with Crippen molar-refractivity contribution >= 4 is 6.29 Å². The smallest absolute Gasteiger partial charge is 0.122 e. The minimum absolute atomic E-state index is 0.355. The van der Waals surface area contributed by atoms with Crippen molar-refractivity contribution in [1.82, 2.24) is 0 Å². The Hall–Kier alpha value is -0.370. The van der Waals surface area contributed by atoms with Crippen LogP contribution >= 0.6 is 0 Å². The summed E-state index contributed by atoms with van der Waals surface area (Å²) in [6.45, 7) is 0. The zero-order valence-corrected chi connectivity index (χ0v) is 8.74. The first-order valence-corrected chi connectivity index (χ1v) is 5.92. The number of hydrogen-bond donors (Lipinski definition) is 1. The fourth-order valence-electron chi connectivity index (χ4n) is 3.51. The molecule has 0 spiro atoms. The second-order valence-electron chi connectivity index (χ2n) is 5.02. The molecule has 0 saturated heterocycles. The van der Waals surface area contributed by atoms with Gasteiger partial charge in [-0.3, -0.25) is 0 Å². The summed E-state index contributed by atoms with van der Waals surface area (Å²) in [5.41, 5.74) is -0.648. The fourth-order valence-corrected chi connectivity index (χ4v) is 3.51. The highest BCUT2D eigenvalue weighted by Gasteiger charge is 2.44. The van der Waals surface area contributed by atoms with Crippen LogP contribution in [0.5, 0.6) is 0 Å². The maximum atomic E-state index is 10.6. The summed E-state index contributed by atoms with van der Waals surface area (Å²) in [6.07, 6.45) is 9.43. The molecule has 2 nitrogen and oxygen atoms in total. The highest BCUT2D eigenvalue weighted by molar-refractivity contribution is 5.51. The van der Waals surface area contributed by atoms with Gasteiger partial charge in [-0.1, -0.05) is 25.7 Å². The third-order valence-electron chi connectivity index (χ3n) is 4.22. The van der Waals surface area contributed by atoms with E-state index in [1.807, 2.05) is 0 Å². The summed E-state index contributed by atoms with van der Waals surface area (Å²) in [6, 6.07) is 0. The van der Waals surface area contributed by atoms with Gasteiger partial charge in [0.2, 0.25) is 0 Å². The number of aliphatic hydroxyl groups is 1. The van der Waals surface area contributed by atoms with Crippen molar-refractivity contribution < 1.29 is 9.90 Å². The van der Waals surface area contributed by atoms with Gasteiger partial charge in [0, 0.05) is 6.42 Å². The molecule has 2 rings (SSSR count). The summed E-state index contributed by atoms with van der Waals surface area (Å²) in [5, 5.41) is 10.4. The molecule has 0 heterocycles. The highest BCUT2D eigenvalue weighted by Crippen LogP contribution is 2.46. The van der Waals surface area contributed by atoms with Crippen LogP contribution in [0.3, 0.4) is 0 Å². The van der Waals surface area contributed by atoms with Crippen LogP contribution in [-0.2, 0) is 4.79 Å². The summed E-state index contributed by atoms with van der Waals surface area (Å²) in [5.74, 6) is 1.11. The topological polar surface area (TPSA) is 37.3 Å². The molecule has 2 saturated carbocycles. The molecule has 2 aliphatic carbocycles. The number of hydrogen-bond acceptors (Lipinski definition) is 2. The van der Waals surface area contributed by atoms with Gasteiger partial charge >= 0.3 is 0 Å². The molecule has 0 aromatic carbocycles. The standard InChI is InChI=1S/C12H20O2/c13-9-8-12(14)7-3-5-10-4-1-2-6-11(10)12/h9-11,14H,1-8H2. The third-order valence-corrected chi connectivity index (χ3v) is 4.22. The largest absolute Gasteiger partial charge is 0.389 e. The third kappa shape index (κ3) is 1.72. The van der Waals surface area contributed by atoms with Gasteiger partial charge in [-0.05, 0) is 31.1 Å². The first-order valence-electron chi connectivity index (χ1n) is 5.92. The van der Waals surface area contributed by atoms with Crippen molar-refractivity contribution in [3.63, 3.8) is 0 Å². The van der Waals surface area contributed by atoms with Crippen LogP contribution in [0.25, 0.3) is 0 Å². The van der Waals surface area contributed by atoms with E-state index in [1.165, 1.54) is 25.7 Å². The van der Waals surface area contributed by atoms with Crippen LogP contribution in [0.1, 0.15) is 51.4 Å². The van der Waals surface area contributed by atoms with Crippen LogP contribution in [-0.4, -0.2) is 17.0 Å². The van der Waals surface area contributed by atoms with Gasteiger partial charge in [-0.15, -0.1) is 0 Å². The molecule has 3 unspecified atom stereocenters. The first-order chi connectivity index (χ1) is 6.76. The monoisotopic (exact) mass is 196 g/mol. The van der Waals surface area contributed by atoms with Crippen LogP contribution in [0, 0.1) is 11.8 Å². The zero-order chi connectivity index (χ0) is 10.0. The maximum absolute atomic E-state index is 10.6. The van der Waals surface area contributed by atoms with Crippen molar-refractivity contribution in [2.24, 2.45) is 11.8 Å². The summed E-state index contributed by atoms with van der Waals surface area (Å²) in [7, 11) is 0. The Bertz CT molecular complexity index is 212. The lowest BCUT2D eigenvalue weighted by Crippen LogP contribution is -2.46. The first kappa shape index (κ1) is 10.2. The normalized spacial score (nSPS) is 42.9. The van der Waals surface area contributed by atoms with Gasteiger partial charge in [0.1, 0.15) is 6.29 Å². The average molecular weight is 196 g/mol. The molecule has 3 atom stereocenters. The quantitative estimate of drug-likeness (QED) is 0.688. The molecule has 2 heteroatoms. The molecule has 0 aromatic rings. The predicted molar refractivity (Wildman–Crippen MR) is 54.9 cm³/mol. The van der Waals surface area contributed by atoms with Gasteiger partial charge in [-0.25, -0.2) is 0 Å². The van der Waals surface area contributed by atoms with Crippen molar-refractivity contribution in [2.75, 3.05) is 0 Å². The predicted octanol–water partition coefficient (Wildman–Crippen LogP) is 2.30. The number of aldehydes is 1. The lowest BCUT2D eigenvalue weighted by atomic mass is 9.62. The van der Waals surface area contributed by atoms with E-state index in [0.717, 1.165) is 25.5 Å². The van der Waals surface area contributed by atoms with E-state index in [4.69, 9.17) is 0 Å². The molecule has 80 valence electrons. The van der Waals surface area contributed by atoms with Crippen molar-refractivity contribution in [1.29, 1.82) is 0 Å². The minimum atomic E-state index is -0.648. The SMILES string of the molecule is O=CCC1(O)CCCC2CCCCC21. The molecular weight excluding hydrogens is 176 g/mol. The summed E-state index contributed by atoms with van der Waals surface area (Å²) in [4.78, 5) is 10.6. The van der Waals surface area contributed by atoms with Crippen LogP contribution in [0.15, 0.2) is 0 Å². The molecule has 0 aromatic heterocycles. The zero-order valence-electron chi connectivity index (χ0n) is 8.74. The van der Waals surface area contributed by atoms with Crippen molar-refractivity contribution in [3.8, 4) is 0 Å². The maximum Gasteiger partial charge on any atom is 0.122 e. The van der Waals surface area contributed by atoms with Gasteiger partial charge in [0.05, 0.1) is 5.60 Å². The van der Waals surface area contributed by atoms with Gasteiger partial charge in [0.15, 0.2) is 0 Å². The fraction of sp³-hybridized carbons (Fsp3) is 0.917. The number of carbonyl (C=O) groups is 1. The average Bonchev–Trinajstić information content (AvgIpc) is 2.19. The van der Waals surface area contributed by atoms with Crippen LogP contribution in [0.2, 0.25) is 0 Å². The second kappa shape index (κ2) is 4.01.